The molecule has 2 aromatic carbocycles. The highest BCUT2D eigenvalue weighted by atomic mass is 79.9. The molecule has 0 saturated heterocycles. The summed E-state index contributed by atoms with van der Waals surface area (Å²) >= 11 is 3.38. The minimum atomic E-state index is 0.545. The highest BCUT2D eigenvalue weighted by molar-refractivity contribution is 9.10. The average Bonchev–Trinajstić information content (AvgIpc) is 2.47. The summed E-state index contributed by atoms with van der Waals surface area (Å²) in [5, 5.41) is 0. The van der Waals surface area contributed by atoms with Gasteiger partial charge in [-0.05, 0) is 48.7 Å². The molecule has 3 heteroatoms. The highest BCUT2D eigenvalue weighted by Gasteiger charge is 2.05. The van der Waals surface area contributed by atoms with Gasteiger partial charge >= 0.3 is 0 Å². The molecule has 0 unspecified atom stereocenters. The standard InChI is InChI=1S/C17H17BrO2/c1-2-3-4-13-5-9-16(10-6-13)20-17-11-15(18)8-7-14(17)12-19/h5-12H,2-4H2,1H3. The number of hydrogen-bond donors (Lipinski definition) is 0. The van der Waals surface area contributed by atoms with Crippen LogP contribution in [0.15, 0.2) is 46.9 Å². The van der Waals surface area contributed by atoms with Crippen molar-refractivity contribution in [1.82, 2.24) is 0 Å². The number of rotatable bonds is 6. The number of halogens is 1. The Morgan fingerprint density at radius 3 is 2.55 bits per heavy atom. The van der Waals surface area contributed by atoms with E-state index in [2.05, 4.69) is 35.0 Å². The predicted molar refractivity (Wildman–Crippen MR) is 84.7 cm³/mol. The van der Waals surface area contributed by atoms with Crippen LogP contribution in [0.2, 0.25) is 0 Å². The lowest BCUT2D eigenvalue weighted by molar-refractivity contribution is 0.112. The van der Waals surface area contributed by atoms with E-state index in [1.807, 2.05) is 18.2 Å². The van der Waals surface area contributed by atoms with E-state index in [-0.39, 0.29) is 0 Å². The molecule has 2 nitrogen and oxygen atoms in total. The summed E-state index contributed by atoms with van der Waals surface area (Å²) in [6.07, 6.45) is 4.28. The van der Waals surface area contributed by atoms with Crippen molar-refractivity contribution in [2.24, 2.45) is 0 Å². The summed E-state index contributed by atoms with van der Waals surface area (Å²) in [5.74, 6) is 1.31. The molecule has 0 fully saturated rings. The lowest BCUT2D eigenvalue weighted by Crippen LogP contribution is -1.91. The van der Waals surface area contributed by atoms with Crippen molar-refractivity contribution in [2.45, 2.75) is 26.2 Å². The maximum Gasteiger partial charge on any atom is 0.153 e. The van der Waals surface area contributed by atoms with Crippen LogP contribution in [0.5, 0.6) is 11.5 Å². The molecule has 0 aliphatic carbocycles. The van der Waals surface area contributed by atoms with E-state index in [4.69, 9.17) is 4.74 Å². The summed E-state index contributed by atoms with van der Waals surface area (Å²) in [5.41, 5.74) is 1.85. The average molecular weight is 333 g/mol. The summed E-state index contributed by atoms with van der Waals surface area (Å²) < 4.78 is 6.67. The SMILES string of the molecule is CCCCc1ccc(Oc2cc(Br)ccc2C=O)cc1. The second-order valence-corrected chi connectivity index (χ2v) is 5.57. The van der Waals surface area contributed by atoms with E-state index in [1.54, 1.807) is 12.1 Å². The van der Waals surface area contributed by atoms with Gasteiger partial charge in [0.15, 0.2) is 6.29 Å². The van der Waals surface area contributed by atoms with Gasteiger partial charge in [0.2, 0.25) is 0 Å². The molecule has 0 aromatic heterocycles. The number of hydrogen-bond acceptors (Lipinski definition) is 2. The van der Waals surface area contributed by atoms with Crippen LogP contribution in [0, 0.1) is 0 Å². The predicted octanol–water partition coefficient (Wildman–Crippen LogP) is 5.40. The molecule has 0 aliphatic heterocycles. The number of aryl methyl sites for hydroxylation is 1. The van der Waals surface area contributed by atoms with Gasteiger partial charge < -0.3 is 4.74 Å². The second-order valence-electron chi connectivity index (χ2n) is 4.65. The molecule has 0 aliphatic rings. The van der Waals surface area contributed by atoms with Crippen LogP contribution in [-0.2, 0) is 6.42 Å². The van der Waals surface area contributed by atoms with Crippen LogP contribution < -0.4 is 4.74 Å². The van der Waals surface area contributed by atoms with Crippen molar-refractivity contribution in [2.75, 3.05) is 0 Å². The first-order valence-electron chi connectivity index (χ1n) is 6.74. The molecular formula is C17H17BrO2. The van der Waals surface area contributed by atoms with E-state index >= 15 is 0 Å². The van der Waals surface area contributed by atoms with Gasteiger partial charge in [-0.15, -0.1) is 0 Å². The van der Waals surface area contributed by atoms with Gasteiger partial charge in [0.25, 0.3) is 0 Å². The third-order valence-electron chi connectivity index (χ3n) is 3.07. The fourth-order valence-corrected chi connectivity index (χ4v) is 2.27. The van der Waals surface area contributed by atoms with Crippen molar-refractivity contribution < 1.29 is 9.53 Å². The minimum Gasteiger partial charge on any atom is -0.457 e. The van der Waals surface area contributed by atoms with Gasteiger partial charge in [0.05, 0.1) is 5.56 Å². The fraction of sp³-hybridized carbons (Fsp3) is 0.235. The van der Waals surface area contributed by atoms with Crippen LogP contribution in [0.1, 0.15) is 35.7 Å². The zero-order valence-electron chi connectivity index (χ0n) is 11.4. The number of carbonyl (C=O) groups is 1. The maximum atomic E-state index is 11.0. The molecule has 0 heterocycles. The Morgan fingerprint density at radius 1 is 1.15 bits per heavy atom. The summed E-state index contributed by atoms with van der Waals surface area (Å²) in [7, 11) is 0. The molecule has 2 aromatic rings. The van der Waals surface area contributed by atoms with E-state index in [1.165, 1.54) is 18.4 Å². The Kier molecular flexibility index (Phi) is 5.36. The molecule has 0 bridgehead atoms. The Labute approximate surface area is 127 Å². The molecule has 20 heavy (non-hydrogen) atoms. The van der Waals surface area contributed by atoms with Gasteiger partial charge in [-0.2, -0.15) is 0 Å². The van der Waals surface area contributed by atoms with Crippen LogP contribution in [0.4, 0.5) is 0 Å². The van der Waals surface area contributed by atoms with Gasteiger partial charge in [0.1, 0.15) is 11.5 Å². The van der Waals surface area contributed by atoms with Crippen LogP contribution in [-0.4, -0.2) is 6.29 Å². The molecule has 104 valence electrons. The Hall–Kier alpha value is -1.61. The normalized spacial score (nSPS) is 10.3. The topological polar surface area (TPSA) is 26.3 Å². The van der Waals surface area contributed by atoms with Crippen LogP contribution in [0.3, 0.4) is 0 Å². The van der Waals surface area contributed by atoms with Gasteiger partial charge in [-0.3, -0.25) is 4.79 Å². The van der Waals surface area contributed by atoms with Crippen LogP contribution in [0.25, 0.3) is 0 Å². The number of benzene rings is 2. The third-order valence-corrected chi connectivity index (χ3v) is 3.57. The molecule has 0 radical (unpaired) electrons. The first-order valence-corrected chi connectivity index (χ1v) is 7.53. The largest absolute Gasteiger partial charge is 0.457 e. The Morgan fingerprint density at radius 2 is 1.90 bits per heavy atom. The lowest BCUT2D eigenvalue weighted by atomic mass is 10.1. The number of ether oxygens (including phenoxy) is 1. The first-order chi connectivity index (χ1) is 9.72. The fourth-order valence-electron chi connectivity index (χ4n) is 1.93. The first kappa shape index (κ1) is 14.8. The minimum absolute atomic E-state index is 0.545. The van der Waals surface area contributed by atoms with E-state index < -0.39 is 0 Å². The molecular weight excluding hydrogens is 316 g/mol. The summed E-state index contributed by atoms with van der Waals surface area (Å²) in [4.78, 5) is 11.0. The van der Waals surface area contributed by atoms with Crippen molar-refractivity contribution in [3.05, 3.63) is 58.1 Å². The lowest BCUT2D eigenvalue weighted by Gasteiger charge is -2.09. The zero-order chi connectivity index (χ0) is 14.4. The molecule has 0 saturated carbocycles. The maximum absolute atomic E-state index is 11.0. The van der Waals surface area contributed by atoms with Crippen molar-refractivity contribution in [3.63, 3.8) is 0 Å². The van der Waals surface area contributed by atoms with Gasteiger partial charge in [0, 0.05) is 4.47 Å². The number of unbranched alkanes of at least 4 members (excludes halogenated alkanes) is 1. The molecule has 0 spiro atoms. The van der Waals surface area contributed by atoms with Crippen LogP contribution >= 0.6 is 15.9 Å². The van der Waals surface area contributed by atoms with Gasteiger partial charge in [-0.1, -0.05) is 41.4 Å². The Bertz CT molecular complexity index is 576. The highest BCUT2D eigenvalue weighted by Crippen LogP contribution is 2.28. The number of carbonyl (C=O) groups excluding carboxylic acids is 1. The summed E-state index contributed by atoms with van der Waals surface area (Å²) in [6, 6.07) is 13.4. The van der Waals surface area contributed by atoms with Gasteiger partial charge in [-0.25, -0.2) is 0 Å². The Balaban J connectivity index is 2.13. The van der Waals surface area contributed by atoms with E-state index in [0.717, 1.165) is 22.9 Å². The molecule has 2 rings (SSSR count). The molecule has 0 amide bonds. The van der Waals surface area contributed by atoms with E-state index in [0.29, 0.717) is 11.3 Å². The monoisotopic (exact) mass is 332 g/mol. The zero-order valence-corrected chi connectivity index (χ0v) is 13.0. The number of aldehydes is 1. The van der Waals surface area contributed by atoms with Crippen molar-refractivity contribution >= 4 is 22.2 Å². The molecule has 0 atom stereocenters. The summed E-state index contributed by atoms with van der Waals surface area (Å²) in [6.45, 7) is 2.19. The van der Waals surface area contributed by atoms with E-state index in [9.17, 15) is 4.79 Å². The smallest absolute Gasteiger partial charge is 0.153 e. The quantitative estimate of drug-likeness (QED) is 0.662. The third kappa shape index (κ3) is 3.94. The van der Waals surface area contributed by atoms with Crippen molar-refractivity contribution in [1.29, 1.82) is 0 Å². The van der Waals surface area contributed by atoms with Crippen molar-refractivity contribution in [3.8, 4) is 11.5 Å². The molecule has 0 N–H and O–H groups in total. The second kappa shape index (κ2) is 7.25.